The minimum absolute atomic E-state index is 0.0854. The number of nitrogens with one attached hydrogen (secondary N) is 1. The van der Waals surface area contributed by atoms with Crippen LogP contribution < -0.4 is 10.1 Å². The van der Waals surface area contributed by atoms with E-state index in [0.717, 1.165) is 23.1 Å². The Kier molecular flexibility index (Phi) is 4.68. The fourth-order valence-corrected chi connectivity index (χ4v) is 2.42. The summed E-state index contributed by atoms with van der Waals surface area (Å²) < 4.78 is 10.9. The second-order valence-corrected chi connectivity index (χ2v) is 5.62. The highest BCUT2D eigenvalue weighted by atomic mass is 32.2. The highest BCUT2D eigenvalue weighted by Gasteiger charge is 2.10. The first-order valence-corrected chi connectivity index (χ1v) is 8.04. The van der Waals surface area contributed by atoms with Crippen LogP contribution in [0.25, 0.3) is 22.6 Å². The number of amides is 1. The number of nitrogens with zero attached hydrogens (tertiary/aromatic N) is 2. The van der Waals surface area contributed by atoms with Gasteiger partial charge in [0.25, 0.3) is 0 Å². The SMILES string of the molecule is COc1ccc(-c2nc3ccc(NC(=O)CSC#N)cc3o2)cc1. The van der Waals surface area contributed by atoms with Crippen LogP contribution in [0.5, 0.6) is 5.75 Å². The molecule has 3 aromatic rings. The summed E-state index contributed by atoms with van der Waals surface area (Å²) in [5.41, 5.74) is 2.71. The Labute approximate surface area is 142 Å². The first kappa shape index (κ1) is 15.9. The van der Waals surface area contributed by atoms with Gasteiger partial charge in [0, 0.05) is 17.3 Å². The second-order valence-electron chi connectivity index (χ2n) is 4.86. The molecule has 1 amide bonds. The zero-order chi connectivity index (χ0) is 16.9. The van der Waals surface area contributed by atoms with Crippen LogP contribution in [0.4, 0.5) is 5.69 Å². The number of oxazole rings is 1. The van der Waals surface area contributed by atoms with Crippen LogP contribution in [0.15, 0.2) is 46.9 Å². The third-order valence-electron chi connectivity index (χ3n) is 3.28. The Hall–Kier alpha value is -2.98. The number of anilines is 1. The molecule has 0 aliphatic rings. The van der Waals surface area contributed by atoms with Crippen molar-refractivity contribution in [2.75, 3.05) is 18.2 Å². The predicted octanol–water partition coefficient (Wildman–Crippen LogP) is 3.66. The molecule has 0 saturated carbocycles. The Morgan fingerprint density at radius 1 is 1.33 bits per heavy atom. The highest BCUT2D eigenvalue weighted by Crippen LogP contribution is 2.27. The summed E-state index contributed by atoms with van der Waals surface area (Å²) in [5, 5.41) is 13.0. The maximum Gasteiger partial charge on any atom is 0.235 e. The number of hydrogen-bond acceptors (Lipinski definition) is 6. The number of thioether (sulfide) groups is 1. The molecule has 0 saturated heterocycles. The van der Waals surface area contributed by atoms with Crippen LogP contribution in [0, 0.1) is 10.7 Å². The van der Waals surface area contributed by atoms with E-state index in [9.17, 15) is 4.79 Å². The van der Waals surface area contributed by atoms with Crippen LogP contribution in [0.2, 0.25) is 0 Å². The molecule has 0 spiro atoms. The van der Waals surface area contributed by atoms with E-state index in [1.165, 1.54) is 0 Å². The van der Waals surface area contributed by atoms with Gasteiger partial charge >= 0.3 is 0 Å². The number of methoxy groups -OCH3 is 1. The lowest BCUT2D eigenvalue weighted by Gasteiger charge is -2.02. The van der Waals surface area contributed by atoms with Crippen molar-refractivity contribution in [3.8, 4) is 22.6 Å². The predicted molar refractivity (Wildman–Crippen MR) is 92.7 cm³/mol. The summed E-state index contributed by atoms with van der Waals surface area (Å²) in [4.78, 5) is 16.1. The van der Waals surface area contributed by atoms with Crippen molar-refractivity contribution in [3.05, 3.63) is 42.5 Å². The average Bonchev–Trinajstić information content (AvgIpc) is 3.03. The molecule has 0 fully saturated rings. The first-order chi connectivity index (χ1) is 11.7. The Bertz CT molecular complexity index is 913. The minimum Gasteiger partial charge on any atom is -0.497 e. The van der Waals surface area contributed by atoms with Gasteiger partial charge < -0.3 is 14.5 Å². The number of thiocyanates is 1. The van der Waals surface area contributed by atoms with Gasteiger partial charge in [-0.1, -0.05) is 0 Å². The number of aromatic nitrogens is 1. The van der Waals surface area contributed by atoms with E-state index < -0.39 is 0 Å². The summed E-state index contributed by atoms with van der Waals surface area (Å²) in [5.74, 6) is 1.10. The number of ether oxygens (including phenoxy) is 1. The molecule has 3 rings (SSSR count). The van der Waals surface area contributed by atoms with Gasteiger partial charge in [0.1, 0.15) is 16.7 Å². The molecule has 0 atom stereocenters. The van der Waals surface area contributed by atoms with Gasteiger partial charge in [-0.25, -0.2) is 4.98 Å². The molecule has 0 radical (unpaired) electrons. The highest BCUT2D eigenvalue weighted by molar-refractivity contribution is 8.04. The van der Waals surface area contributed by atoms with Crippen molar-refractivity contribution in [1.29, 1.82) is 5.26 Å². The van der Waals surface area contributed by atoms with E-state index in [1.54, 1.807) is 25.3 Å². The average molecular weight is 339 g/mol. The molecule has 24 heavy (non-hydrogen) atoms. The summed E-state index contributed by atoms with van der Waals surface area (Å²) in [6.45, 7) is 0. The fourth-order valence-electron chi connectivity index (χ4n) is 2.15. The van der Waals surface area contributed by atoms with E-state index in [-0.39, 0.29) is 11.7 Å². The third kappa shape index (κ3) is 3.50. The van der Waals surface area contributed by atoms with Crippen molar-refractivity contribution in [3.63, 3.8) is 0 Å². The standard InChI is InChI=1S/C17H13N3O3S/c1-22-13-5-2-11(3-6-13)17-20-14-7-4-12(8-15(14)23-17)19-16(21)9-24-10-18/h2-8H,9H2,1H3,(H,19,21). The number of hydrogen-bond donors (Lipinski definition) is 1. The van der Waals surface area contributed by atoms with Crippen LogP contribution in [-0.4, -0.2) is 23.8 Å². The van der Waals surface area contributed by atoms with E-state index in [4.69, 9.17) is 14.4 Å². The topological polar surface area (TPSA) is 88.1 Å². The zero-order valence-electron chi connectivity index (χ0n) is 12.8. The van der Waals surface area contributed by atoms with Crippen molar-refractivity contribution in [2.24, 2.45) is 0 Å². The smallest absolute Gasteiger partial charge is 0.235 e. The van der Waals surface area contributed by atoms with Gasteiger partial charge in [-0.3, -0.25) is 4.79 Å². The number of rotatable bonds is 5. The second kappa shape index (κ2) is 7.06. The van der Waals surface area contributed by atoms with Crippen LogP contribution in [0.3, 0.4) is 0 Å². The number of carbonyl (C=O) groups excluding carboxylic acids is 1. The molecule has 1 N–H and O–H groups in total. The summed E-state index contributed by atoms with van der Waals surface area (Å²) in [6.07, 6.45) is 0. The molecule has 0 aliphatic carbocycles. The van der Waals surface area contributed by atoms with Crippen molar-refractivity contribution >= 4 is 34.5 Å². The fraction of sp³-hybridized carbons (Fsp3) is 0.118. The molecule has 7 heteroatoms. The molecule has 0 bridgehead atoms. The summed E-state index contributed by atoms with van der Waals surface area (Å²) >= 11 is 0.891. The molecular weight excluding hydrogens is 326 g/mol. The molecule has 120 valence electrons. The molecule has 1 heterocycles. The maximum absolute atomic E-state index is 11.7. The van der Waals surface area contributed by atoms with Crippen molar-refractivity contribution < 1.29 is 13.9 Å². The number of nitriles is 1. The number of benzene rings is 2. The maximum atomic E-state index is 11.7. The molecule has 0 unspecified atom stereocenters. The number of fused-ring (bicyclic) bond motifs is 1. The lowest BCUT2D eigenvalue weighted by Crippen LogP contribution is -2.13. The summed E-state index contributed by atoms with van der Waals surface area (Å²) in [6, 6.07) is 12.6. The molecule has 1 aromatic heterocycles. The van der Waals surface area contributed by atoms with E-state index >= 15 is 0 Å². The normalized spacial score (nSPS) is 10.3. The third-order valence-corrected chi connectivity index (χ3v) is 3.81. The Morgan fingerprint density at radius 3 is 2.83 bits per heavy atom. The summed E-state index contributed by atoms with van der Waals surface area (Å²) in [7, 11) is 1.61. The molecular formula is C17H13N3O3S. The minimum atomic E-state index is -0.240. The quantitative estimate of drug-likeness (QED) is 0.714. The van der Waals surface area contributed by atoms with Gasteiger partial charge in [-0.2, -0.15) is 5.26 Å². The van der Waals surface area contributed by atoms with Crippen molar-refractivity contribution in [2.45, 2.75) is 0 Å². The molecule has 2 aromatic carbocycles. The van der Waals surface area contributed by atoms with E-state index in [1.807, 2.05) is 29.7 Å². The van der Waals surface area contributed by atoms with E-state index in [0.29, 0.717) is 22.7 Å². The van der Waals surface area contributed by atoms with Gasteiger partial charge in [0.15, 0.2) is 5.58 Å². The Morgan fingerprint density at radius 2 is 2.12 bits per heavy atom. The van der Waals surface area contributed by atoms with Gasteiger partial charge in [-0.15, -0.1) is 0 Å². The van der Waals surface area contributed by atoms with Crippen LogP contribution >= 0.6 is 11.8 Å². The lowest BCUT2D eigenvalue weighted by atomic mass is 10.2. The van der Waals surface area contributed by atoms with E-state index in [2.05, 4.69) is 10.3 Å². The van der Waals surface area contributed by atoms with Gasteiger partial charge in [0.05, 0.1) is 12.9 Å². The van der Waals surface area contributed by atoms with Gasteiger partial charge in [-0.05, 0) is 48.2 Å². The lowest BCUT2D eigenvalue weighted by molar-refractivity contribution is -0.113. The first-order valence-electron chi connectivity index (χ1n) is 7.05. The van der Waals surface area contributed by atoms with Crippen LogP contribution in [-0.2, 0) is 4.79 Å². The number of carbonyl (C=O) groups is 1. The van der Waals surface area contributed by atoms with Crippen LogP contribution in [0.1, 0.15) is 0 Å². The molecule has 0 aliphatic heterocycles. The largest absolute Gasteiger partial charge is 0.497 e. The molecule has 6 nitrogen and oxygen atoms in total. The monoisotopic (exact) mass is 339 g/mol. The van der Waals surface area contributed by atoms with Gasteiger partial charge in [0.2, 0.25) is 11.8 Å². The Balaban J connectivity index is 1.83. The van der Waals surface area contributed by atoms with Crippen molar-refractivity contribution in [1.82, 2.24) is 4.98 Å². The zero-order valence-corrected chi connectivity index (χ0v) is 13.6.